The fourth-order valence-electron chi connectivity index (χ4n) is 1.95. The number of nitrogens with one attached hydrogen (secondary N) is 1. The maximum absolute atomic E-state index is 11.1. The van der Waals surface area contributed by atoms with Crippen LogP contribution in [0, 0.1) is 0 Å². The van der Waals surface area contributed by atoms with Crippen molar-refractivity contribution >= 4 is 11.9 Å². The standard InChI is InChI=1S/C11H19NO8/c1-5(14)12-8-10(19-3-2-7(15)16)9(17)6(4-13)20-11(8)18/h6,8-11,13,17-18H,2-4H2,1H3,(H,12,14)(H,15,16)/t6-,8+,9-,10+,11-/m1/s1. The van der Waals surface area contributed by atoms with Gasteiger partial charge in [0.2, 0.25) is 5.91 Å². The van der Waals surface area contributed by atoms with Crippen molar-refractivity contribution in [2.24, 2.45) is 0 Å². The molecule has 20 heavy (non-hydrogen) atoms. The van der Waals surface area contributed by atoms with Crippen LogP contribution in [0.5, 0.6) is 0 Å². The molecule has 116 valence electrons. The van der Waals surface area contributed by atoms with E-state index in [1.807, 2.05) is 0 Å². The molecule has 1 rings (SSSR count). The van der Waals surface area contributed by atoms with E-state index >= 15 is 0 Å². The summed E-state index contributed by atoms with van der Waals surface area (Å²) < 4.78 is 10.2. The number of carboxylic acids is 1. The van der Waals surface area contributed by atoms with Crippen LogP contribution in [0.1, 0.15) is 13.3 Å². The molecule has 9 heteroatoms. The van der Waals surface area contributed by atoms with E-state index in [9.17, 15) is 19.8 Å². The molecule has 1 aliphatic rings. The molecule has 9 nitrogen and oxygen atoms in total. The van der Waals surface area contributed by atoms with Crippen LogP contribution in [0.15, 0.2) is 0 Å². The van der Waals surface area contributed by atoms with Crippen molar-refractivity contribution < 1.29 is 39.5 Å². The lowest BCUT2D eigenvalue weighted by molar-refractivity contribution is -0.262. The number of ether oxygens (including phenoxy) is 2. The van der Waals surface area contributed by atoms with Gasteiger partial charge in [0.15, 0.2) is 6.29 Å². The molecular formula is C11H19NO8. The number of rotatable bonds is 6. The molecule has 1 aliphatic heterocycles. The number of aliphatic hydroxyl groups is 3. The Morgan fingerprint density at radius 1 is 1.35 bits per heavy atom. The Hall–Kier alpha value is -1.26. The van der Waals surface area contributed by atoms with Crippen molar-refractivity contribution in [3.05, 3.63) is 0 Å². The smallest absolute Gasteiger partial charge is 0.305 e. The fraction of sp³-hybridized carbons (Fsp3) is 0.818. The van der Waals surface area contributed by atoms with E-state index in [1.165, 1.54) is 6.92 Å². The lowest BCUT2D eigenvalue weighted by atomic mass is 9.96. The average molecular weight is 293 g/mol. The number of carbonyl (C=O) groups excluding carboxylic acids is 1. The zero-order valence-corrected chi connectivity index (χ0v) is 10.9. The molecule has 0 spiro atoms. The third-order valence-corrected chi connectivity index (χ3v) is 2.87. The summed E-state index contributed by atoms with van der Waals surface area (Å²) in [6, 6.07) is -1.06. The summed E-state index contributed by atoms with van der Waals surface area (Å²) in [5, 5.41) is 39.7. The van der Waals surface area contributed by atoms with E-state index in [2.05, 4.69) is 5.32 Å². The Morgan fingerprint density at radius 2 is 2.00 bits per heavy atom. The molecule has 0 aromatic rings. The summed E-state index contributed by atoms with van der Waals surface area (Å²) in [6.07, 6.45) is -5.25. The van der Waals surface area contributed by atoms with Crippen LogP contribution in [0.25, 0.3) is 0 Å². The van der Waals surface area contributed by atoms with Gasteiger partial charge in [0.25, 0.3) is 0 Å². The van der Waals surface area contributed by atoms with Gasteiger partial charge < -0.3 is 35.2 Å². The first-order valence-electron chi connectivity index (χ1n) is 6.09. The highest BCUT2D eigenvalue weighted by Gasteiger charge is 2.45. The van der Waals surface area contributed by atoms with Crippen molar-refractivity contribution in [2.45, 2.75) is 44.0 Å². The minimum absolute atomic E-state index is 0.210. The van der Waals surface area contributed by atoms with Gasteiger partial charge in [0.1, 0.15) is 24.4 Å². The van der Waals surface area contributed by atoms with Gasteiger partial charge in [-0.3, -0.25) is 9.59 Å². The molecule has 1 amide bonds. The Balaban J connectivity index is 2.76. The molecule has 1 saturated heterocycles. The molecule has 0 unspecified atom stereocenters. The molecule has 0 bridgehead atoms. The fourth-order valence-corrected chi connectivity index (χ4v) is 1.95. The van der Waals surface area contributed by atoms with Gasteiger partial charge in [-0.2, -0.15) is 0 Å². The third kappa shape index (κ3) is 4.39. The molecular weight excluding hydrogens is 274 g/mol. The van der Waals surface area contributed by atoms with Gasteiger partial charge in [-0.15, -0.1) is 0 Å². The van der Waals surface area contributed by atoms with Crippen LogP contribution in [0.4, 0.5) is 0 Å². The minimum atomic E-state index is -1.48. The summed E-state index contributed by atoms with van der Waals surface area (Å²) in [7, 11) is 0. The number of carboxylic acid groups (broad SMARTS) is 1. The summed E-state index contributed by atoms with van der Waals surface area (Å²) in [4.78, 5) is 21.5. The second kappa shape index (κ2) is 7.50. The highest BCUT2D eigenvalue weighted by molar-refractivity contribution is 5.73. The quantitative estimate of drug-likeness (QED) is 0.359. The van der Waals surface area contributed by atoms with E-state index < -0.39 is 49.1 Å². The van der Waals surface area contributed by atoms with Gasteiger partial charge in [-0.25, -0.2) is 0 Å². The zero-order chi connectivity index (χ0) is 15.3. The average Bonchev–Trinajstić information content (AvgIpc) is 2.36. The predicted octanol–water partition coefficient (Wildman–Crippen LogP) is -2.58. The maximum atomic E-state index is 11.1. The number of aliphatic hydroxyl groups excluding tert-OH is 3. The third-order valence-electron chi connectivity index (χ3n) is 2.87. The SMILES string of the molecule is CC(=O)N[C@H]1[C@H](OCCC(=O)O)[C@H](O)[C@@H](CO)O[C@H]1O. The van der Waals surface area contributed by atoms with Crippen LogP contribution in [0.2, 0.25) is 0 Å². The van der Waals surface area contributed by atoms with Gasteiger partial charge in [-0.1, -0.05) is 0 Å². The van der Waals surface area contributed by atoms with Crippen molar-refractivity contribution in [1.82, 2.24) is 5.32 Å². The Labute approximate surface area is 115 Å². The maximum Gasteiger partial charge on any atom is 0.305 e. The van der Waals surface area contributed by atoms with E-state index in [4.69, 9.17) is 19.7 Å². The molecule has 0 aromatic carbocycles. The van der Waals surface area contributed by atoms with Gasteiger partial charge in [-0.05, 0) is 0 Å². The van der Waals surface area contributed by atoms with Gasteiger partial charge >= 0.3 is 5.97 Å². The Kier molecular flexibility index (Phi) is 6.30. The summed E-state index contributed by atoms with van der Waals surface area (Å²) in [6.45, 7) is 0.452. The zero-order valence-electron chi connectivity index (χ0n) is 10.9. The molecule has 0 saturated carbocycles. The minimum Gasteiger partial charge on any atom is -0.481 e. The molecule has 1 heterocycles. The molecule has 0 aromatic heterocycles. The number of carbonyl (C=O) groups is 2. The van der Waals surface area contributed by atoms with Gasteiger partial charge in [0, 0.05) is 6.92 Å². The summed E-state index contributed by atoms with van der Waals surface area (Å²) >= 11 is 0. The van der Waals surface area contributed by atoms with Crippen LogP contribution in [0.3, 0.4) is 0 Å². The van der Waals surface area contributed by atoms with Crippen LogP contribution in [-0.2, 0) is 19.1 Å². The summed E-state index contributed by atoms with van der Waals surface area (Å²) in [5.74, 6) is -1.55. The lowest BCUT2D eigenvalue weighted by Gasteiger charge is -2.42. The second-order valence-corrected chi connectivity index (χ2v) is 4.44. The number of amides is 1. The topological polar surface area (TPSA) is 146 Å². The van der Waals surface area contributed by atoms with Crippen LogP contribution < -0.4 is 5.32 Å². The molecule has 5 N–H and O–H groups in total. The van der Waals surface area contributed by atoms with E-state index in [-0.39, 0.29) is 13.0 Å². The van der Waals surface area contributed by atoms with Gasteiger partial charge in [0.05, 0.1) is 19.6 Å². The monoisotopic (exact) mass is 293 g/mol. The van der Waals surface area contributed by atoms with Crippen molar-refractivity contribution in [3.8, 4) is 0 Å². The van der Waals surface area contributed by atoms with Crippen molar-refractivity contribution in [1.29, 1.82) is 0 Å². The first-order chi connectivity index (χ1) is 9.36. The Bertz CT molecular complexity index is 349. The van der Waals surface area contributed by atoms with Crippen LogP contribution >= 0.6 is 0 Å². The molecule has 0 aliphatic carbocycles. The highest BCUT2D eigenvalue weighted by atomic mass is 16.6. The van der Waals surface area contributed by atoms with E-state index in [0.29, 0.717) is 0 Å². The first kappa shape index (κ1) is 16.8. The number of hydrogen-bond acceptors (Lipinski definition) is 7. The molecule has 5 atom stereocenters. The summed E-state index contributed by atoms with van der Waals surface area (Å²) in [5.41, 5.74) is 0. The van der Waals surface area contributed by atoms with Crippen molar-refractivity contribution in [3.63, 3.8) is 0 Å². The largest absolute Gasteiger partial charge is 0.481 e. The molecule has 1 fully saturated rings. The first-order valence-corrected chi connectivity index (χ1v) is 6.09. The van der Waals surface area contributed by atoms with E-state index in [1.54, 1.807) is 0 Å². The second-order valence-electron chi connectivity index (χ2n) is 4.44. The Morgan fingerprint density at radius 3 is 2.50 bits per heavy atom. The van der Waals surface area contributed by atoms with E-state index in [0.717, 1.165) is 0 Å². The van der Waals surface area contributed by atoms with Crippen molar-refractivity contribution in [2.75, 3.05) is 13.2 Å². The number of aliphatic carboxylic acids is 1. The lowest BCUT2D eigenvalue weighted by Crippen LogP contribution is -2.64. The predicted molar refractivity (Wildman–Crippen MR) is 63.6 cm³/mol. The number of hydrogen-bond donors (Lipinski definition) is 5. The normalized spacial score (nSPS) is 33.7. The van der Waals surface area contributed by atoms with Crippen LogP contribution in [-0.4, -0.2) is 76.2 Å². The highest BCUT2D eigenvalue weighted by Crippen LogP contribution is 2.22. The molecule has 0 radical (unpaired) electrons.